The van der Waals surface area contributed by atoms with Crippen LogP contribution in [-0.2, 0) is 22.4 Å². The maximum absolute atomic E-state index is 12.0. The van der Waals surface area contributed by atoms with Crippen molar-refractivity contribution < 1.29 is 19.4 Å². The number of aliphatic hydroxyl groups is 1. The molecule has 1 amide bonds. The molecule has 20 heavy (non-hydrogen) atoms. The van der Waals surface area contributed by atoms with E-state index >= 15 is 0 Å². The molecule has 0 saturated heterocycles. The van der Waals surface area contributed by atoms with Crippen LogP contribution >= 0.6 is 11.3 Å². The molecule has 1 heterocycles. The van der Waals surface area contributed by atoms with Crippen LogP contribution < -0.4 is 5.32 Å². The lowest BCUT2D eigenvalue weighted by atomic mass is 9.95. The minimum absolute atomic E-state index is 0.0157. The molecular weight excluding hydrogens is 278 g/mol. The lowest BCUT2D eigenvalue weighted by molar-refractivity contribution is -0.116. The molecule has 0 fully saturated rings. The smallest absolute Gasteiger partial charge is 0.341 e. The molecule has 1 aromatic rings. The lowest BCUT2D eigenvalue weighted by Crippen LogP contribution is -2.15. The quantitative estimate of drug-likeness (QED) is 0.816. The zero-order valence-electron chi connectivity index (χ0n) is 11.5. The number of amides is 1. The largest absolute Gasteiger partial charge is 0.465 e. The van der Waals surface area contributed by atoms with Crippen LogP contribution in [0, 0.1) is 0 Å². The van der Waals surface area contributed by atoms with Gasteiger partial charge in [-0.15, -0.1) is 11.3 Å². The number of rotatable bonds is 5. The maximum atomic E-state index is 12.0. The van der Waals surface area contributed by atoms with Crippen molar-refractivity contribution in [2.75, 3.05) is 19.0 Å². The van der Waals surface area contributed by atoms with E-state index in [2.05, 4.69) is 5.32 Å². The minimum Gasteiger partial charge on any atom is -0.465 e. The number of thiophene rings is 1. The molecule has 0 unspecified atom stereocenters. The first-order valence-corrected chi connectivity index (χ1v) is 7.62. The number of aryl methyl sites for hydroxylation is 1. The van der Waals surface area contributed by atoms with Gasteiger partial charge in [0, 0.05) is 17.9 Å². The summed E-state index contributed by atoms with van der Waals surface area (Å²) in [6.07, 6.45) is 4.67. The molecule has 0 aromatic carbocycles. The molecular formula is C14H19NO4S. The van der Waals surface area contributed by atoms with Gasteiger partial charge in [-0.3, -0.25) is 4.79 Å². The number of ether oxygens (including phenoxy) is 1. The van der Waals surface area contributed by atoms with Crippen molar-refractivity contribution in [3.05, 3.63) is 16.0 Å². The van der Waals surface area contributed by atoms with E-state index in [4.69, 9.17) is 9.84 Å². The highest BCUT2D eigenvalue weighted by Gasteiger charge is 2.26. The third kappa shape index (κ3) is 3.19. The number of carbonyl (C=O) groups excluding carboxylic acids is 2. The highest BCUT2D eigenvalue weighted by molar-refractivity contribution is 7.17. The molecule has 2 rings (SSSR count). The molecule has 1 aliphatic rings. The van der Waals surface area contributed by atoms with Crippen LogP contribution in [0.2, 0.25) is 0 Å². The second-order valence-corrected chi connectivity index (χ2v) is 5.89. The van der Waals surface area contributed by atoms with Crippen molar-refractivity contribution in [1.29, 1.82) is 0 Å². The molecule has 1 aromatic heterocycles. The highest BCUT2D eigenvalue weighted by Crippen LogP contribution is 2.38. The maximum Gasteiger partial charge on any atom is 0.341 e. The van der Waals surface area contributed by atoms with Crippen molar-refractivity contribution in [3.8, 4) is 0 Å². The average molecular weight is 297 g/mol. The number of hydrogen-bond donors (Lipinski definition) is 2. The lowest BCUT2D eigenvalue weighted by Gasteiger charge is -2.11. The Hall–Kier alpha value is -1.40. The van der Waals surface area contributed by atoms with Gasteiger partial charge in [-0.05, 0) is 37.7 Å². The Morgan fingerprint density at radius 1 is 1.35 bits per heavy atom. The zero-order valence-corrected chi connectivity index (χ0v) is 12.3. The fraction of sp³-hybridized carbons (Fsp3) is 0.571. The molecule has 1 aliphatic carbocycles. The predicted molar refractivity (Wildman–Crippen MR) is 77.3 cm³/mol. The summed E-state index contributed by atoms with van der Waals surface area (Å²) >= 11 is 1.47. The molecule has 2 N–H and O–H groups in total. The molecule has 0 spiro atoms. The Morgan fingerprint density at radius 3 is 2.80 bits per heavy atom. The Kier molecular flexibility index (Phi) is 5.14. The second kappa shape index (κ2) is 6.85. The third-order valence-electron chi connectivity index (χ3n) is 3.38. The number of anilines is 1. The molecule has 5 nitrogen and oxygen atoms in total. The number of aliphatic hydroxyl groups excluding tert-OH is 1. The molecule has 0 saturated carbocycles. The number of carbonyl (C=O) groups is 2. The van der Waals surface area contributed by atoms with Crippen LogP contribution in [0.5, 0.6) is 0 Å². The average Bonchev–Trinajstić information content (AvgIpc) is 2.82. The number of nitrogens with one attached hydrogen (secondary N) is 1. The van der Waals surface area contributed by atoms with Gasteiger partial charge >= 0.3 is 5.97 Å². The fourth-order valence-electron chi connectivity index (χ4n) is 2.40. The third-order valence-corrected chi connectivity index (χ3v) is 4.58. The van der Waals surface area contributed by atoms with Crippen molar-refractivity contribution in [2.24, 2.45) is 0 Å². The van der Waals surface area contributed by atoms with Gasteiger partial charge in [0.15, 0.2) is 0 Å². The van der Waals surface area contributed by atoms with Gasteiger partial charge < -0.3 is 15.2 Å². The summed E-state index contributed by atoms with van der Waals surface area (Å²) < 4.78 is 4.84. The highest BCUT2D eigenvalue weighted by atomic mass is 32.1. The van der Waals surface area contributed by atoms with Gasteiger partial charge in [0.1, 0.15) is 5.00 Å². The van der Waals surface area contributed by atoms with Crippen LogP contribution in [0.15, 0.2) is 0 Å². The van der Waals surface area contributed by atoms with Gasteiger partial charge in [-0.1, -0.05) is 0 Å². The van der Waals surface area contributed by atoms with Gasteiger partial charge in [0.2, 0.25) is 5.91 Å². The van der Waals surface area contributed by atoms with E-state index in [0.717, 1.165) is 31.2 Å². The van der Waals surface area contributed by atoms with Crippen LogP contribution in [0.4, 0.5) is 5.00 Å². The summed E-state index contributed by atoms with van der Waals surface area (Å²) in [5.41, 5.74) is 1.55. The van der Waals surface area contributed by atoms with E-state index < -0.39 is 0 Å². The number of esters is 1. The van der Waals surface area contributed by atoms with E-state index in [1.165, 1.54) is 23.3 Å². The normalized spacial score (nSPS) is 13.7. The van der Waals surface area contributed by atoms with E-state index in [-0.39, 0.29) is 24.9 Å². The number of fused-ring (bicyclic) bond motifs is 1. The van der Waals surface area contributed by atoms with Crippen molar-refractivity contribution in [1.82, 2.24) is 0 Å². The van der Waals surface area contributed by atoms with Gasteiger partial charge in [-0.2, -0.15) is 0 Å². The van der Waals surface area contributed by atoms with Crippen molar-refractivity contribution in [2.45, 2.75) is 38.5 Å². The van der Waals surface area contributed by atoms with Gasteiger partial charge in [0.25, 0.3) is 0 Å². The molecule has 0 atom stereocenters. The first kappa shape index (κ1) is 15.0. The molecule has 0 aliphatic heterocycles. The van der Waals surface area contributed by atoms with Crippen LogP contribution in [0.3, 0.4) is 0 Å². The first-order valence-electron chi connectivity index (χ1n) is 6.81. The SMILES string of the molecule is COC(=O)c1c(NC(=O)CCCO)sc2c1CCCC2. The Bertz CT molecular complexity index is 510. The monoisotopic (exact) mass is 297 g/mol. The second-order valence-electron chi connectivity index (χ2n) is 4.78. The zero-order chi connectivity index (χ0) is 14.5. The predicted octanol–water partition coefficient (Wildman–Crippen LogP) is 2.12. The first-order chi connectivity index (χ1) is 9.67. The van der Waals surface area contributed by atoms with Gasteiger partial charge in [0.05, 0.1) is 12.7 Å². The van der Waals surface area contributed by atoms with Crippen molar-refractivity contribution >= 4 is 28.2 Å². The molecule has 0 bridgehead atoms. The summed E-state index contributed by atoms with van der Waals surface area (Å²) in [5, 5.41) is 12.1. The summed E-state index contributed by atoms with van der Waals surface area (Å²) in [4.78, 5) is 24.9. The summed E-state index contributed by atoms with van der Waals surface area (Å²) in [6, 6.07) is 0. The number of methoxy groups -OCH3 is 1. The molecule has 110 valence electrons. The summed E-state index contributed by atoms with van der Waals surface area (Å²) in [6.45, 7) is -0.0157. The van der Waals surface area contributed by atoms with Crippen LogP contribution in [-0.4, -0.2) is 30.7 Å². The molecule has 0 radical (unpaired) electrons. The number of hydrogen-bond acceptors (Lipinski definition) is 5. The minimum atomic E-state index is -0.387. The van der Waals surface area contributed by atoms with Crippen LogP contribution in [0.25, 0.3) is 0 Å². The van der Waals surface area contributed by atoms with E-state index in [1.807, 2.05) is 0 Å². The van der Waals surface area contributed by atoms with E-state index in [0.29, 0.717) is 17.0 Å². The van der Waals surface area contributed by atoms with E-state index in [1.54, 1.807) is 0 Å². The standard InChI is InChI=1S/C14H19NO4S/c1-19-14(18)12-9-5-2-3-6-10(9)20-13(12)15-11(17)7-4-8-16/h16H,2-8H2,1H3,(H,15,17). The Balaban J connectivity index is 2.25. The van der Waals surface area contributed by atoms with E-state index in [9.17, 15) is 9.59 Å². The Morgan fingerprint density at radius 2 is 2.10 bits per heavy atom. The summed E-state index contributed by atoms with van der Waals surface area (Å²) in [7, 11) is 1.35. The van der Waals surface area contributed by atoms with Crippen molar-refractivity contribution in [3.63, 3.8) is 0 Å². The van der Waals surface area contributed by atoms with Crippen LogP contribution in [0.1, 0.15) is 46.5 Å². The Labute approximate surface area is 121 Å². The topological polar surface area (TPSA) is 75.6 Å². The molecule has 6 heteroatoms. The van der Waals surface area contributed by atoms with Gasteiger partial charge in [-0.25, -0.2) is 4.79 Å². The fourth-order valence-corrected chi connectivity index (χ4v) is 3.69. The summed E-state index contributed by atoms with van der Waals surface area (Å²) in [5.74, 6) is -0.565.